The first-order chi connectivity index (χ1) is 17.3. The van der Waals surface area contributed by atoms with Crippen molar-refractivity contribution in [3.63, 3.8) is 0 Å². The van der Waals surface area contributed by atoms with E-state index in [4.69, 9.17) is 0 Å². The van der Waals surface area contributed by atoms with E-state index < -0.39 is 24.1 Å². The Kier molecular flexibility index (Phi) is 9.37. The van der Waals surface area contributed by atoms with Crippen LogP contribution in [0.3, 0.4) is 0 Å². The molecule has 0 bridgehead atoms. The molecule has 0 nitrogen and oxygen atoms in total. The number of hydrogen-bond acceptors (Lipinski definition) is 0. The van der Waals surface area contributed by atoms with Crippen molar-refractivity contribution in [3.8, 4) is 0 Å². The van der Waals surface area contributed by atoms with E-state index in [1.807, 2.05) is 0 Å². The Bertz CT molecular complexity index is 1350. The van der Waals surface area contributed by atoms with Gasteiger partial charge in [-0.05, 0) is 0 Å². The molecule has 0 saturated carbocycles. The zero-order valence-corrected chi connectivity index (χ0v) is 28.5. The second-order valence-corrected chi connectivity index (χ2v) is 24.7. The van der Waals surface area contributed by atoms with Crippen LogP contribution < -0.4 is 40.0 Å². The molecule has 197 valence electrons. The van der Waals surface area contributed by atoms with Crippen LogP contribution in [0.2, 0.25) is 18.1 Å². The standard InChI is InChI=1S/C11H19Si.3C6H5.C4H4P.2ClH.Ti/c1-8-7-11(4,12(5)6)10(3)9(8)2;3*1-2-4-6-5-3-1;1-2-4-5-3-1;;;/h12H,1-6H3;3*1-5H;1-3,5H;2*1H;/q;;;;;;;+2/p-2. The summed E-state index contributed by atoms with van der Waals surface area (Å²) in [5.74, 6) is 2.41. The van der Waals surface area contributed by atoms with Gasteiger partial charge in [0.15, 0.2) is 0 Å². The van der Waals surface area contributed by atoms with Gasteiger partial charge in [-0.1, -0.05) is 0 Å². The molecular formula is C33H38Cl2PSiTi. The fourth-order valence-corrected chi connectivity index (χ4v) is 29.7. The van der Waals surface area contributed by atoms with Crippen molar-refractivity contribution < 1.29 is 40.1 Å². The number of hydrogen-bond donors (Lipinski definition) is 0. The van der Waals surface area contributed by atoms with Gasteiger partial charge in [-0.15, -0.1) is 0 Å². The summed E-state index contributed by atoms with van der Waals surface area (Å²) in [6.45, 7) is 15.0. The van der Waals surface area contributed by atoms with E-state index in [9.17, 15) is 0 Å². The maximum Gasteiger partial charge on any atom is -1.00 e. The molecule has 2 unspecified atom stereocenters. The predicted octanol–water partition coefficient (Wildman–Crippen LogP) is 0.888. The van der Waals surface area contributed by atoms with Crippen LogP contribution in [0, 0.1) is 0 Å². The Morgan fingerprint density at radius 3 is 1.37 bits per heavy atom. The molecule has 38 heavy (non-hydrogen) atoms. The third-order valence-electron chi connectivity index (χ3n) is 9.64. The zero-order chi connectivity index (χ0) is 25.6. The second kappa shape index (κ2) is 11.5. The molecule has 0 spiro atoms. The monoisotopic (exact) mass is 611 g/mol. The van der Waals surface area contributed by atoms with Crippen molar-refractivity contribution in [2.75, 3.05) is 0 Å². The van der Waals surface area contributed by atoms with Gasteiger partial charge < -0.3 is 24.8 Å². The van der Waals surface area contributed by atoms with E-state index in [0.29, 0.717) is 8.19 Å². The minimum atomic E-state index is -4.40. The Balaban J connectivity index is 0.00000200. The van der Waals surface area contributed by atoms with Gasteiger partial charge in [0.25, 0.3) is 0 Å². The molecule has 2 atom stereocenters. The van der Waals surface area contributed by atoms with Crippen molar-refractivity contribution in [1.82, 2.24) is 0 Å². The summed E-state index contributed by atoms with van der Waals surface area (Å²) in [5, 5.41) is 0.0980. The normalized spacial score (nSPS) is 18.1. The molecule has 0 N–H and O–H groups in total. The van der Waals surface area contributed by atoms with Crippen LogP contribution in [0.5, 0.6) is 0 Å². The molecule has 1 aliphatic carbocycles. The maximum atomic E-state index is 2.61. The predicted molar refractivity (Wildman–Crippen MR) is 162 cm³/mol. The van der Waals surface area contributed by atoms with E-state index in [-0.39, 0.29) is 29.9 Å². The first-order valence-electron chi connectivity index (χ1n) is 13.2. The number of allylic oxidation sites excluding steroid dienone is 4. The van der Waals surface area contributed by atoms with Crippen molar-refractivity contribution in [3.05, 3.63) is 130 Å². The average molecular weight is 613 g/mol. The molecule has 0 aliphatic heterocycles. The third-order valence-corrected chi connectivity index (χ3v) is 28.6. The first-order valence-corrected chi connectivity index (χ1v) is 21.0. The minimum Gasteiger partial charge on any atom is -1.00 e. The van der Waals surface area contributed by atoms with Crippen LogP contribution in [0.25, 0.3) is 0 Å². The Morgan fingerprint density at radius 1 is 0.605 bits per heavy atom. The van der Waals surface area contributed by atoms with E-state index >= 15 is 0 Å². The van der Waals surface area contributed by atoms with Gasteiger partial charge in [-0.3, -0.25) is 0 Å². The zero-order valence-electron chi connectivity index (χ0n) is 23.2. The number of rotatable bonds is 6. The van der Waals surface area contributed by atoms with E-state index in [0.717, 1.165) is 0 Å². The van der Waals surface area contributed by atoms with Gasteiger partial charge in [-0.2, -0.15) is 0 Å². The van der Waals surface area contributed by atoms with Crippen molar-refractivity contribution in [2.24, 2.45) is 0 Å². The van der Waals surface area contributed by atoms with E-state index in [1.165, 1.54) is 17.2 Å². The van der Waals surface area contributed by atoms with Gasteiger partial charge >= 0.3 is 223 Å². The molecular weight excluding hydrogens is 574 g/mol. The molecule has 0 radical (unpaired) electrons. The largest absolute Gasteiger partial charge is 1.00 e. The van der Waals surface area contributed by atoms with Crippen LogP contribution in [-0.2, 0) is 15.3 Å². The van der Waals surface area contributed by atoms with Crippen LogP contribution >= 0.6 is 8.19 Å². The topological polar surface area (TPSA) is 0 Å². The van der Waals surface area contributed by atoms with Gasteiger partial charge in [-0.25, -0.2) is 0 Å². The summed E-state index contributed by atoms with van der Waals surface area (Å²) >= 11 is -4.40. The molecule has 5 rings (SSSR count). The van der Waals surface area contributed by atoms with E-state index in [1.54, 1.807) is 18.6 Å². The van der Waals surface area contributed by atoms with Gasteiger partial charge in [0.05, 0.1) is 0 Å². The van der Waals surface area contributed by atoms with Crippen molar-refractivity contribution >= 4 is 32.2 Å². The second-order valence-electron chi connectivity index (χ2n) is 11.0. The van der Waals surface area contributed by atoms with Crippen LogP contribution in [0.4, 0.5) is 0 Å². The molecule has 0 amide bonds. The first kappa shape index (κ1) is 31.0. The smallest absolute Gasteiger partial charge is 1.00 e. The van der Waals surface area contributed by atoms with Crippen LogP contribution in [-0.4, -0.2) is 8.80 Å². The van der Waals surface area contributed by atoms with Crippen LogP contribution in [0.1, 0.15) is 27.7 Å². The maximum absolute atomic E-state index is 4.40. The Morgan fingerprint density at radius 2 is 1.03 bits per heavy atom. The Hall–Kier alpha value is -1.57. The summed E-state index contributed by atoms with van der Waals surface area (Å²) < 4.78 is 8.03. The quantitative estimate of drug-likeness (QED) is 0.284. The van der Waals surface area contributed by atoms with E-state index in [2.05, 4.69) is 150 Å². The summed E-state index contributed by atoms with van der Waals surface area (Å²) in [6.07, 6.45) is 0. The summed E-state index contributed by atoms with van der Waals surface area (Å²) in [6, 6.07) is 39.8. The molecule has 1 aromatic heterocycles. The van der Waals surface area contributed by atoms with Gasteiger partial charge in [0.1, 0.15) is 0 Å². The SMILES string of the molecule is CC1=C(C)C(C)([SiH](C)C)[C]([Ti+2]([c]2ccccc2)([c]2ccccc2)([c]2ccccc2)[c]2ccc[pH]2)=C1C.[Cl-].[Cl-]. The Labute approximate surface area is 246 Å². The van der Waals surface area contributed by atoms with Gasteiger partial charge in [0.2, 0.25) is 0 Å². The molecule has 1 heterocycles. The van der Waals surface area contributed by atoms with Crippen LogP contribution in [0.15, 0.2) is 130 Å². The summed E-state index contributed by atoms with van der Waals surface area (Å²) in [7, 11) is -0.503. The molecule has 0 saturated heterocycles. The van der Waals surface area contributed by atoms with Crippen molar-refractivity contribution in [1.29, 1.82) is 0 Å². The fourth-order valence-electron chi connectivity index (χ4n) is 7.54. The average Bonchev–Trinajstić information content (AvgIpc) is 3.52. The molecule has 4 aromatic rings. The summed E-state index contributed by atoms with van der Waals surface area (Å²) in [4.78, 5) is 0. The van der Waals surface area contributed by atoms with Gasteiger partial charge in [0, 0.05) is 0 Å². The molecule has 3 aromatic carbocycles. The molecule has 5 heteroatoms. The molecule has 0 fully saturated rings. The number of halogens is 2. The van der Waals surface area contributed by atoms with Crippen molar-refractivity contribution in [2.45, 2.75) is 45.8 Å². The fraction of sp³-hybridized carbons (Fsp3) is 0.212. The number of benzene rings is 3. The minimum absolute atomic E-state index is 0. The third kappa shape index (κ3) is 3.89. The molecule has 1 aliphatic rings. The summed E-state index contributed by atoms with van der Waals surface area (Å²) in [5.41, 5.74) is 4.66.